The van der Waals surface area contributed by atoms with Crippen LogP contribution < -0.4 is 10.6 Å². The van der Waals surface area contributed by atoms with E-state index in [-0.39, 0.29) is 29.5 Å². The van der Waals surface area contributed by atoms with E-state index in [9.17, 15) is 13.2 Å². The lowest BCUT2D eigenvalue weighted by Crippen LogP contribution is -2.48. The standard InChI is InChI=1S/C15H30N2O3S.ClH/c1-4-16-10-11-17-15(18)14(12(2)3)21(19,20)13-8-6-5-7-9-13;/h12-14,16H,4-11H2,1-3H3,(H,17,18);1H. The second kappa shape index (κ2) is 10.4. The van der Waals surface area contributed by atoms with Gasteiger partial charge in [0, 0.05) is 13.1 Å². The van der Waals surface area contributed by atoms with E-state index in [0.717, 1.165) is 25.8 Å². The molecule has 0 heterocycles. The molecule has 0 saturated heterocycles. The SMILES string of the molecule is CCNCCNC(=O)C(C(C)C)S(=O)(=O)C1CCCCC1.Cl. The van der Waals surface area contributed by atoms with Crippen LogP contribution in [-0.4, -0.2) is 44.5 Å². The summed E-state index contributed by atoms with van der Waals surface area (Å²) in [4.78, 5) is 12.3. The van der Waals surface area contributed by atoms with E-state index < -0.39 is 15.1 Å². The van der Waals surface area contributed by atoms with E-state index in [4.69, 9.17) is 0 Å². The third kappa shape index (κ3) is 6.05. The lowest BCUT2D eigenvalue weighted by atomic mass is 10.0. The van der Waals surface area contributed by atoms with Gasteiger partial charge in [-0.1, -0.05) is 40.0 Å². The molecule has 0 aliphatic heterocycles. The van der Waals surface area contributed by atoms with Crippen molar-refractivity contribution in [3.8, 4) is 0 Å². The van der Waals surface area contributed by atoms with Crippen LogP contribution in [0, 0.1) is 5.92 Å². The Morgan fingerprint density at radius 2 is 1.73 bits per heavy atom. The quantitative estimate of drug-likeness (QED) is 0.653. The number of sulfone groups is 1. The van der Waals surface area contributed by atoms with Gasteiger partial charge in [-0.05, 0) is 25.3 Å². The molecule has 1 saturated carbocycles. The van der Waals surface area contributed by atoms with E-state index in [0.29, 0.717) is 25.9 Å². The van der Waals surface area contributed by atoms with Crippen molar-refractivity contribution < 1.29 is 13.2 Å². The van der Waals surface area contributed by atoms with Crippen molar-refractivity contribution in [2.45, 2.75) is 63.4 Å². The summed E-state index contributed by atoms with van der Waals surface area (Å²) in [6.45, 7) is 7.59. The van der Waals surface area contributed by atoms with E-state index in [1.165, 1.54) is 0 Å². The van der Waals surface area contributed by atoms with Crippen LogP contribution in [0.4, 0.5) is 0 Å². The molecule has 1 aliphatic carbocycles. The Morgan fingerprint density at radius 1 is 1.14 bits per heavy atom. The predicted molar refractivity (Wildman–Crippen MR) is 93.2 cm³/mol. The molecule has 1 atom stereocenters. The number of hydrogen-bond donors (Lipinski definition) is 2. The molecule has 1 rings (SSSR count). The first-order valence-corrected chi connectivity index (χ1v) is 9.73. The van der Waals surface area contributed by atoms with Gasteiger partial charge in [-0.2, -0.15) is 0 Å². The van der Waals surface area contributed by atoms with Crippen LogP contribution >= 0.6 is 12.4 Å². The summed E-state index contributed by atoms with van der Waals surface area (Å²) >= 11 is 0. The average Bonchev–Trinajstić information content (AvgIpc) is 2.44. The summed E-state index contributed by atoms with van der Waals surface area (Å²) in [5.74, 6) is -0.537. The predicted octanol–water partition coefficient (Wildman–Crippen LogP) is 1.91. The van der Waals surface area contributed by atoms with Crippen LogP contribution in [0.5, 0.6) is 0 Å². The third-order valence-electron chi connectivity index (χ3n) is 4.09. The van der Waals surface area contributed by atoms with Crippen LogP contribution in [0.1, 0.15) is 52.9 Å². The van der Waals surface area contributed by atoms with Crippen LogP contribution in [0.2, 0.25) is 0 Å². The number of likely N-dealkylation sites (N-methyl/N-ethyl adjacent to an activating group) is 1. The van der Waals surface area contributed by atoms with Crippen LogP contribution in [0.3, 0.4) is 0 Å². The molecule has 22 heavy (non-hydrogen) atoms. The molecule has 132 valence electrons. The Labute approximate surface area is 141 Å². The highest BCUT2D eigenvalue weighted by atomic mass is 35.5. The molecule has 0 spiro atoms. The summed E-state index contributed by atoms with van der Waals surface area (Å²) in [6, 6.07) is 0. The van der Waals surface area contributed by atoms with E-state index in [2.05, 4.69) is 10.6 Å². The first-order chi connectivity index (χ1) is 9.91. The number of hydrogen-bond acceptors (Lipinski definition) is 4. The minimum atomic E-state index is -3.40. The topological polar surface area (TPSA) is 75.3 Å². The van der Waals surface area contributed by atoms with Crippen molar-refractivity contribution in [2.75, 3.05) is 19.6 Å². The minimum Gasteiger partial charge on any atom is -0.354 e. The van der Waals surface area contributed by atoms with Crippen molar-refractivity contribution in [3.05, 3.63) is 0 Å². The Bertz CT molecular complexity index is 421. The second-order valence-corrected chi connectivity index (χ2v) is 8.51. The lowest BCUT2D eigenvalue weighted by Gasteiger charge is -2.28. The highest BCUT2D eigenvalue weighted by Gasteiger charge is 2.40. The van der Waals surface area contributed by atoms with Gasteiger partial charge in [0.05, 0.1) is 5.25 Å². The van der Waals surface area contributed by atoms with E-state index in [1.807, 2.05) is 20.8 Å². The van der Waals surface area contributed by atoms with Crippen molar-refractivity contribution in [3.63, 3.8) is 0 Å². The summed E-state index contributed by atoms with van der Waals surface area (Å²) in [6.07, 6.45) is 4.42. The molecular formula is C15H31ClN2O3S. The van der Waals surface area contributed by atoms with Crippen LogP contribution in [0.25, 0.3) is 0 Å². The number of carbonyl (C=O) groups excluding carboxylic acids is 1. The number of halogens is 1. The fourth-order valence-corrected chi connectivity index (χ4v) is 5.53. The average molecular weight is 355 g/mol. The van der Waals surface area contributed by atoms with Gasteiger partial charge in [-0.3, -0.25) is 4.79 Å². The summed E-state index contributed by atoms with van der Waals surface area (Å²) in [5, 5.41) is 4.62. The highest BCUT2D eigenvalue weighted by molar-refractivity contribution is 7.93. The molecule has 0 aromatic carbocycles. The normalized spacial score (nSPS) is 17.8. The second-order valence-electron chi connectivity index (χ2n) is 6.16. The van der Waals surface area contributed by atoms with Gasteiger partial charge in [0.15, 0.2) is 9.84 Å². The Hall–Kier alpha value is -0.330. The smallest absolute Gasteiger partial charge is 0.238 e. The molecule has 2 N–H and O–H groups in total. The summed E-state index contributed by atoms with van der Waals surface area (Å²) in [5.41, 5.74) is 0. The van der Waals surface area contributed by atoms with Gasteiger partial charge in [0.1, 0.15) is 5.25 Å². The maximum atomic E-state index is 12.8. The Morgan fingerprint density at radius 3 is 2.23 bits per heavy atom. The first kappa shape index (κ1) is 21.7. The number of amides is 1. The fraction of sp³-hybridized carbons (Fsp3) is 0.933. The van der Waals surface area contributed by atoms with E-state index in [1.54, 1.807) is 0 Å². The molecule has 0 bridgehead atoms. The van der Waals surface area contributed by atoms with Gasteiger partial charge < -0.3 is 10.6 Å². The monoisotopic (exact) mass is 354 g/mol. The zero-order valence-electron chi connectivity index (χ0n) is 13.9. The summed E-state index contributed by atoms with van der Waals surface area (Å²) in [7, 11) is -3.40. The molecule has 1 unspecified atom stereocenters. The molecular weight excluding hydrogens is 324 g/mol. The van der Waals surface area contributed by atoms with Gasteiger partial charge in [0.25, 0.3) is 0 Å². The largest absolute Gasteiger partial charge is 0.354 e. The van der Waals surface area contributed by atoms with E-state index >= 15 is 0 Å². The fourth-order valence-electron chi connectivity index (χ4n) is 2.98. The number of rotatable bonds is 8. The Kier molecular flexibility index (Phi) is 10.3. The van der Waals surface area contributed by atoms with Crippen molar-refractivity contribution in [1.82, 2.24) is 10.6 Å². The lowest BCUT2D eigenvalue weighted by molar-refractivity contribution is -0.121. The van der Waals surface area contributed by atoms with Gasteiger partial charge in [0.2, 0.25) is 5.91 Å². The number of nitrogens with one attached hydrogen (secondary N) is 2. The maximum Gasteiger partial charge on any atom is 0.238 e. The molecule has 0 aromatic rings. The maximum absolute atomic E-state index is 12.8. The molecule has 0 aromatic heterocycles. The van der Waals surface area contributed by atoms with Crippen molar-refractivity contribution in [1.29, 1.82) is 0 Å². The molecule has 0 radical (unpaired) electrons. The molecule has 1 fully saturated rings. The van der Waals surface area contributed by atoms with Gasteiger partial charge in [-0.25, -0.2) is 8.42 Å². The van der Waals surface area contributed by atoms with Crippen LogP contribution in [0.15, 0.2) is 0 Å². The minimum absolute atomic E-state index is 0. The van der Waals surface area contributed by atoms with Gasteiger partial charge >= 0.3 is 0 Å². The van der Waals surface area contributed by atoms with Crippen LogP contribution in [-0.2, 0) is 14.6 Å². The third-order valence-corrected chi connectivity index (χ3v) is 6.95. The molecule has 7 heteroatoms. The molecule has 5 nitrogen and oxygen atoms in total. The summed E-state index contributed by atoms with van der Waals surface area (Å²) < 4.78 is 25.6. The van der Waals surface area contributed by atoms with Crippen molar-refractivity contribution in [2.24, 2.45) is 5.92 Å². The zero-order chi connectivity index (χ0) is 15.9. The molecule has 1 amide bonds. The first-order valence-electron chi connectivity index (χ1n) is 8.12. The van der Waals surface area contributed by atoms with Gasteiger partial charge in [-0.15, -0.1) is 12.4 Å². The zero-order valence-corrected chi connectivity index (χ0v) is 15.6. The number of carbonyl (C=O) groups is 1. The Balaban J connectivity index is 0.00000441. The molecule has 1 aliphatic rings. The van der Waals surface area contributed by atoms with Crippen molar-refractivity contribution >= 4 is 28.2 Å². The highest BCUT2D eigenvalue weighted by Crippen LogP contribution is 2.28.